The highest BCUT2D eigenvalue weighted by atomic mass is 15.1. The van der Waals surface area contributed by atoms with Crippen LogP contribution < -0.4 is 11.5 Å². The molecule has 4 nitrogen and oxygen atoms in total. The summed E-state index contributed by atoms with van der Waals surface area (Å²) in [6, 6.07) is 1.78. The van der Waals surface area contributed by atoms with Crippen molar-refractivity contribution in [2.75, 3.05) is 25.4 Å². The third kappa shape index (κ3) is 3.47. The highest BCUT2D eigenvalue weighted by Crippen LogP contribution is 2.19. The number of hydrogen-bond donors (Lipinski definition) is 2. The summed E-state index contributed by atoms with van der Waals surface area (Å²) in [5, 5.41) is 0. The molecule has 0 saturated heterocycles. The fraction of sp³-hybridized carbons (Fsp3) is 0.583. The van der Waals surface area contributed by atoms with Crippen molar-refractivity contribution in [2.24, 2.45) is 5.73 Å². The molecule has 1 heterocycles. The molecule has 90 valence electrons. The molecule has 1 unspecified atom stereocenters. The van der Waals surface area contributed by atoms with E-state index in [9.17, 15) is 0 Å². The van der Waals surface area contributed by atoms with Gasteiger partial charge in [-0.15, -0.1) is 0 Å². The van der Waals surface area contributed by atoms with Gasteiger partial charge in [0.25, 0.3) is 0 Å². The van der Waals surface area contributed by atoms with E-state index in [4.69, 9.17) is 11.5 Å². The first-order chi connectivity index (χ1) is 7.69. The molecule has 1 aromatic rings. The largest absolute Gasteiger partial charge is 0.398 e. The molecule has 0 aliphatic heterocycles. The van der Waals surface area contributed by atoms with E-state index in [2.05, 4.69) is 23.7 Å². The molecule has 0 radical (unpaired) electrons. The Morgan fingerprint density at radius 2 is 2.06 bits per heavy atom. The molecule has 0 spiro atoms. The standard InChI is InChI=1S/C12H22N4/c1-3-16(4-2)8-6-12(14)10-9-15-7-5-11(10)13/h5,7,9,12H,3-4,6,8,14H2,1-2H3,(H2,13,15). The summed E-state index contributed by atoms with van der Waals surface area (Å²) in [5.41, 5.74) is 13.7. The molecule has 0 saturated carbocycles. The van der Waals surface area contributed by atoms with Crippen molar-refractivity contribution >= 4 is 5.69 Å². The van der Waals surface area contributed by atoms with Crippen LogP contribution in [0.25, 0.3) is 0 Å². The van der Waals surface area contributed by atoms with Gasteiger partial charge in [0.05, 0.1) is 0 Å². The molecule has 0 fully saturated rings. The van der Waals surface area contributed by atoms with E-state index in [-0.39, 0.29) is 6.04 Å². The van der Waals surface area contributed by atoms with E-state index in [0.717, 1.165) is 37.3 Å². The summed E-state index contributed by atoms with van der Waals surface area (Å²) in [6.07, 6.45) is 4.37. The van der Waals surface area contributed by atoms with Crippen LogP contribution in [0.4, 0.5) is 5.69 Å². The van der Waals surface area contributed by atoms with Gasteiger partial charge >= 0.3 is 0 Å². The molecule has 4 heteroatoms. The summed E-state index contributed by atoms with van der Waals surface area (Å²) in [7, 11) is 0. The number of pyridine rings is 1. The first-order valence-corrected chi connectivity index (χ1v) is 5.86. The zero-order valence-corrected chi connectivity index (χ0v) is 10.2. The van der Waals surface area contributed by atoms with Crippen LogP contribution in [0.15, 0.2) is 18.5 Å². The molecule has 1 rings (SSSR count). The fourth-order valence-corrected chi connectivity index (χ4v) is 1.74. The Kier molecular flexibility index (Phi) is 5.22. The van der Waals surface area contributed by atoms with E-state index >= 15 is 0 Å². The Morgan fingerprint density at radius 1 is 1.38 bits per heavy atom. The van der Waals surface area contributed by atoms with Gasteiger partial charge in [0.1, 0.15) is 0 Å². The molecule has 0 amide bonds. The Labute approximate surface area is 97.6 Å². The van der Waals surface area contributed by atoms with E-state index in [0.29, 0.717) is 0 Å². The molecule has 1 aromatic heterocycles. The van der Waals surface area contributed by atoms with Crippen LogP contribution in [-0.2, 0) is 0 Å². The minimum atomic E-state index is -0.0192. The SMILES string of the molecule is CCN(CC)CCC(N)c1cnccc1N. The number of nitrogens with zero attached hydrogens (tertiary/aromatic N) is 2. The molecule has 0 aliphatic rings. The molecule has 0 aliphatic carbocycles. The van der Waals surface area contributed by atoms with Crippen molar-refractivity contribution < 1.29 is 0 Å². The summed E-state index contributed by atoms with van der Waals surface area (Å²) in [5.74, 6) is 0. The van der Waals surface area contributed by atoms with Crippen molar-refractivity contribution in [3.8, 4) is 0 Å². The first-order valence-electron chi connectivity index (χ1n) is 5.86. The van der Waals surface area contributed by atoms with Crippen LogP contribution in [0, 0.1) is 0 Å². The predicted octanol–water partition coefficient (Wildman–Crippen LogP) is 1.40. The molecule has 0 aromatic carbocycles. The maximum atomic E-state index is 6.11. The van der Waals surface area contributed by atoms with Crippen molar-refractivity contribution in [1.29, 1.82) is 0 Å². The van der Waals surface area contributed by atoms with Gasteiger partial charge < -0.3 is 16.4 Å². The summed E-state index contributed by atoms with van der Waals surface area (Å²) >= 11 is 0. The second kappa shape index (κ2) is 6.45. The molecule has 1 atom stereocenters. The minimum absolute atomic E-state index is 0.0192. The van der Waals surface area contributed by atoms with Crippen molar-refractivity contribution in [2.45, 2.75) is 26.3 Å². The lowest BCUT2D eigenvalue weighted by Crippen LogP contribution is -2.27. The molecule has 4 N–H and O–H groups in total. The number of aromatic nitrogens is 1. The number of anilines is 1. The van der Waals surface area contributed by atoms with Crippen molar-refractivity contribution in [3.05, 3.63) is 24.0 Å². The van der Waals surface area contributed by atoms with Gasteiger partial charge in [-0.3, -0.25) is 4.98 Å². The lowest BCUT2D eigenvalue weighted by molar-refractivity contribution is 0.291. The molecular formula is C12H22N4. The summed E-state index contributed by atoms with van der Waals surface area (Å²) in [4.78, 5) is 6.41. The summed E-state index contributed by atoms with van der Waals surface area (Å²) in [6.45, 7) is 7.45. The second-order valence-corrected chi connectivity index (χ2v) is 3.93. The number of rotatable bonds is 6. The normalized spacial score (nSPS) is 13.0. The summed E-state index contributed by atoms with van der Waals surface area (Å²) < 4.78 is 0. The third-order valence-corrected chi connectivity index (χ3v) is 2.94. The highest BCUT2D eigenvalue weighted by molar-refractivity contribution is 5.45. The van der Waals surface area contributed by atoms with Gasteiger partial charge in [0.2, 0.25) is 0 Å². The molecule has 16 heavy (non-hydrogen) atoms. The Morgan fingerprint density at radius 3 is 2.62 bits per heavy atom. The maximum absolute atomic E-state index is 6.11. The van der Waals surface area contributed by atoms with Crippen LogP contribution in [0.3, 0.4) is 0 Å². The van der Waals surface area contributed by atoms with Gasteiger partial charge in [-0.2, -0.15) is 0 Å². The van der Waals surface area contributed by atoms with E-state index in [1.54, 1.807) is 18.5 Å². The Hall–Kier alpha value is -1.13. The second-order valence-electron chi connectivity index (χ2n) is 3.93. The third-order valence-electron chi connectivity index (χ3n) is 2.94. The smallest absolute Gasteiger partial charge is 0.0393 e. The van der Waals surface area contributed by atoms with Crippen LogP contribution >= 0.6 is 0 Å². The van der Waals surface area contributed by atoms with Gasteiger partial charge in [0, 0.05) is 29.7 Å². The van der Waals surface area contributed by atoms with Crippen LogP contribution in [0.2, 0.25) is 0 Å². The van der Waals surface area contributed by atoms with Gasteiger partial charge in [-0.05, 0) is 32.1 Å². The highest BCUT2D eigenvalue weighted by Gasteiger charge is 2.10. The fourth-order valence-electron chi connectivity index (χ4n) is 1.74. The lowest BCUT2D eigenvalue weighted by Gasteiger charge is -2.21. The van der Waals surface area contributed by atoms with Crippen LogP contribution in [0.5, 0.6) is 0 Å². The quantitative estimate of drug-likeness (QED) is 0.763. The maximum Gasteiger partial charge on any atom is 0.0393 e. The van der Waals surface area contributed by atoms with Crippen LogP contribution in [-0.4, -0.2) is 29.5 Å². The Bertz CT molecular complexity index is 310. The average molecular weight is 222 g/mol. The van der Waals surface area contributed by atoms with Crippen molar-refractivity contribution in [3.63, 3.8) is 0 Å². The average Bonchev–Trinajstić information content (AvgIpc) is 2.30. The number of hydrogen-bond acceptors (Lipinski definition) is 4. The van der Waals surface area contributed by atoms with Gasteiger partial charge in [0.15, 0.2) is 0 Å². The topological polar surface area (TPSA) is 68.2 Å². The molecule has 0 bridgehead atoms. The van der Waals surface area contributed by atoms with Gasteiger partial charge in [-0.25, -0.2) is 0 Å². The van der Waals surface area contributed by atoms with Crippen LogP contribution in [0.1, 0.15) is 31.9 Å². The van der Waals surface area contributed by atoms with Gasteiger partial charge in [-0.1, -0.05) is 13.8 Å². The zero-order valence-electron chi connectivity index (χ0n) is 10.2. The first kappa shape index (κ1) is 12.9. The van der Waals surface area contributed by atoms with E-state index in [1.807, 2.05) is 0 Å². The zero-order chi connectivity index (χ0) is 12.0. The lowest BCUT2D eigenvalue weighted by atomic mass is 10.1. The monoisotopic (exact) mass is 222 g/mol. The number of nitrogens with two attached hydrogens (primary N) is 2. The van der Waals surface area contributed by atoms with E-state index < -0.39 is 0 Å². The van der Waals surface area contributed by atoms with Crippen molar-refractivity contribution in [1.82, 2.24) is 9.88 Å². The number of nitrogen functional groups attached to an aromatic ring is 1. The van der Waals surface area contributed by atoms with E-state index in [1.165, 1.54) is 0 Å². The minimum Gasteiger partial charge on any atom is -0.398 e. The Balaban J connectivity index is 2.52. The molecular weight excluding hydrogens is 200 g/mol. The predicted molar refractivity (Wildman–Crippen MR) is 68.0 cm³/mol.